The van der Waals surface area contributed by atoms with E-state index in [0.29, 0.717) is 0 Å². The summed E-state index contributed by atoms with van der Waals surface area (Å²) in [5, 5.41) is 9.71. The molecule has 0 amide bonds. The van der Waals surface area contributed by atoms with Gasteiger partial charge in [0.2, 0.25) is 0 Å². The predicted molar refractivity (Wildman–Crippen MR) is 66.8 cm³/mol. The Balaban J connectivity index is 2.94. The molecule has 0 saturated heterocycles. The van der Waals surface area contributed by atoms with E-state index in [-0.39, 0.29) is 6.10 Å². The molecule has 1 aromatic rings. The van der Waals surface area contributed by atoms with Crippen molar-refractivity contribution in [3.05, 3.63) is 29.3 Å². The summed E-state index contributed by atoms with van der Waals surface area (Å²) >= 11 is 0. The highest BCUT2D eigenvalue weighted by atomic mass is 16.5. The standard InChI is InChI=1S/C14H22O2/c1-5-12(6-2)16-14-8-7-10(3)9-13(14)11(4)15/h7-9,11-12,15H,5-6H2,1-4H3/t11-/m0/s1. The molecule has 0 heterocycles. The summed E-state index contributed by atoms with van der Waals surface area (Å²) in [4.78, 5) is 0. The fourth-order valence-corrected chi connectivity index (χ4v) is 1.74. The van der Waals surface area contributed by atoms with E-state index < -0.39 is 6.10 Å². The lowest BCUT2D eigenvalue weighted by atomic mass is 10.1. The number of benzene rings is 1. The van der Waals surface area contributed by atoms with Gasteiger partial charge in [-0.25, -0.2) is 0 Å². The second kappa shape index (κ2) is 5.90. The van der Waals surface area contributed by atoms with Crippen LogP contribution in [0.3, 0.4) is 0 Å². The molecule has 1 aromatic carbocycles. The maximum absolute atomic E-state index is 9.71. The number of ether oxygens (including phenoxy) is 1. The molecule has 0 saturated carbocycles. The topological polar surface area (TPSA) is 29.5 Å². The van der Waals surface area contributed by atoms with Crippen LogP contribution in [0.2, 0.25) is 0 Å². The van der Waals surface area contributed by atoms with E-state index in [1.807, 2.05) is 25.1 Å². The summed E-state index contributed by atoms with van der Waals surface area (Å²) in [6, 6.07) is 5.96. The summed E-state index contributed by atoms with van der Waals surface area (Å²) in [6.45, 7) is 8.02. The van der Waals surface area contributed by atoms with Gasteiger partial charge in [-0.1, -0.05) is 25.5 Å². The van der Waals surface area contributed by atoms with Crippen molar-refractivity contribution >= 4 is 0 Å². The SMILES string of the molecule is CCC(CC)Oc1ccc(C)cc1[C@H](C)O. The van der Waals surface area contributed by atoms with Crippen molar-refractivity contribution in [1.82, 2.24) is 0 Å². The third-order valence-corrected chi connectivity index (χ3v) is 2.82. The van der Waals surface area contributed by atoms with Gasteiger partial charge in [-0.15, -0.1) is 0 Å². The fraction of sp³-hybridized carbons (Fsp3) is 0.571. The molecule has 1 N–H and O–H groups in total. The molecule has 0 aliphatic carbocycles. The van der Waals surface area contributed by atoms with Crippen molar-refractivity contribution in [1.29, 1.82) is 0 Å². The number of rotatable bonds is 5. The third-order valence-electron chi connectivity index (χ3n) is 2.82. The van der Waals surface area contributed by atoms with Crippen molar-refractivity contribution in [3.63, 3.8) is 0 Å². The van der Waals surface area contributed by atoms with Gasteiger partial charge in [0.05, 0.1) is 12.2 Å². The quantitative estimate of drug-likeness (QED) is 0.824. The van der Waals surface area contributed by atoms with Crippen LogP contribution in [0.1, 0.15) is 50.8 Å². The molecule has 0 unspecified atom stereocenters. The van der Waals surface area contributed by atoms with Crippen LogP contribution in [0, 0.1) is 6.92 Å². The van der Waals surface area contributed by atoms with Crippen molar-refractivity contribution in [3.8, 4) is 5.75 Å². The fourth-order valence-electron chi connectivity index (χ4n) is 1.74. The molecular formula is C14H22O2. The Morgan fingerprint density at radius 2 is 1.88 bits per heavy atom. The first-order chi connectivity index (χ1) is 7.58. The summed E-state index contributed by atoms with van der Waals surface area (Å²) in [7, 11) is 0. The van der Waals surface area contributed by atoms with Crippen LogP contribution in [-0.4, -0.2) is 11.2 Å². The molecule has 2 heteroatoms. The zero-order valence-corrected chi connectivity index (χ0v) is 10.7. The largest absolute Gasteiger partial charge is 0.490 e. The van der Waals surface area contributed by atoms with Gasteiger partial charge in [0.25, 0.3) is 0 Å². The highest BCUT2D eigenvalue weighted by molar-refractivity contribution is 5.38. The van der Waals surface area contributed by atoms with Crippen molar-refractivity contribution in [2.75, 3.05) is 0 Å². The monoisotopic (exact) mass is 222 g/mol. The minimum absolute atomic E-state index is 0.236. The molecule has 2 nitrogen and oxygen atoms in total. The third kappa shape index (κ3) is 3.24. The van der Waals surface area contributed by atoms with Crippen LogP contribution in [0.5, 0.6) is 5.75 Å². The van der Waals surface area contributed by atoms with Crippen molar-refractivity contribution < 1.29 is 9.84 Å². The van der Waals surface area contributed by atoms with E-state index in [0.717, 1.165) is 29.7 Å². The molecule has 0 aliphatic heterocycles. The van der Waals surface area contributed by atoms with Crippen LogP contribution >= 0.6 is 0 Å². The summed E-state index contributed by atoms with van der Waals surface area (Å²) in [5.74, 6) is 0.814. The minimum Gasteiger partial charge on any atom is -0.490 e. The molecule has 0 spiro atoms. The summed E-state index contributed by atoms with van der Waals surface area (Å²) in [6.07, 6.45) is 1.73. The maximum atomic E-state index is 9.71. The average Bonchev–Trinajstić information content (AvgIpc) is 2.27. The molecule has 1 atom stereocenters. The lowest BCUT2D eigenvalue weighted by Gasteiger charge is -2.20. The molecule has 0 fully saturated rings. The Bertz CT molecular complexity index is 328. The minimum atomic E-state index is -0.482. The number of hydrogen-bond acceptors (Lipinski definition) is 2. The Morgan fingerprint density at radius 3 is 2.38 bits per heavy atom. The van der Waals surface area contributed by atoms with Crippen LogP contribution in [-0.2, 0) is 0 Å². The average molecular weight is 222 g/mol. The second-order valence-corrected chi connectivity index (χ2v) is 4.27. The smallest absolute Gasteiger partial charge is 0.125 e. The van der Waals surface area contributed by atoms with Crippen LogP contribution in [0.4, 0.5) is 0 Å². The summed E-state index contributed by atoms with van der Waals surface area (Å²) < 4.78 is 5.90. The van der Waals surface area contributed by atoms with Gasteiger partial charge in [-0.3, -0.25) is 0 Å². The van der Waals surface area contributed by atoms with E-state index in [1.165, 1.54) is 0 Å². The first kappa shape index (κ1) is 13.0. The van der Waals surface area contributed by atoms with Gasteiger partial charge in [0.1, 0.15) is 5.75 Å². The van der Waals surface area contributed by atoms with E-state index in [1.54, 1.807) is 6.92 Å². The van der Waals surface area contributed by atoms with E-state index in [9.17, 15) is 5.11 Å². The lowest BCUT2D eigenvalue weighted by Crippen LogP contribution is -2.15. The highest BCUT2D eigenvalue weighted by Crippen LogP contribution is 2.27. The molecule has 1 rings (SSSR count). The predicted octanol–water partition coefficient (Wildman–Crippen LogP) is 3.62. The molecular weight excluding hydrogens is 200 g/mol. The maximum Gasteiger partial charge on any atom is 0.125 e. The number of aliphatic hydroxyl groups excluding tert-OH is 1. The first-order valence-corrected chi connectivity index (χ1v) is 6.03. The second-order valence-electron chi connectivity index (χ2n) is 4.27. The molecule has 90 valence electrons. The summed E-state index contributed by atoms with van der Waals surface area (Å²) in [5.41, 5.74) is 2.03. The van der Waals surface area contributed by atoms with E-state index >= 15 is 0 Å². The number of hydrogen-bond donors (Lipinski definition) is 1. The Kier molecular flexibility index (Phi) is 4.81. The lowest BCUT2D eigenvalue weighted by molar-refractivity contribution is 0.166. The zero-order valence-electron chi connectivity index (χ0n) is 10.7. The van der Waals surface area contributed by atoms with Gasteiger partial charge in [-0.2, -0.15) is 0 Å². The van der Waals surface area contributed by atoms with Gasteiger partial charge >= 0.3 is 0 Å². The van der Waals surface area contributed by atoms with Gasteiger partial charge in [0.15, 0.2) is 0 Å². The Labute approximate surface area is 98.3 Å². The molecule has 0 radical (unpaired) electrons. The van der Waals surface area contributed by atoms with Crippen molar-refractivity contribution in [2.24, 2.45) is 0 Å². The number of aliphatic hydroxyl groups is 1. The number of aryl methyl sites for hydroxylation is 1. The highest BCUT2D eigenvalue weighted by Gasteiger charge is 2.12. The molecule has 16 heavy (non-hydrogen) atoms. The molecule has 0 aliphatic rings. The molecule has 0 bridgehead atoms. The van der Waals surface area contributed by atoms with E-state index in [4.69, 9.17) is 4.74 Å². The van der Waals surface area contributed by atoms with Crippen LogP contribution in [0.15, 0.2) is 18.2 Å². The normalized spacial score (nSPS) is 12.9. The zero-order chi connectivity index (χ0) is 12.1. The van der Waals surface area contributed by atoms with Crippen LogP contribution < -0.4 is 4.74 Å². The van der Waals surface area contributed by atoms with Gasteiger partial charge in [-0.05, 0) is 38.8 Å². The van der Waals surface area contributed by atoms with Crippen molar-refractivity contribution in [2.45, 2.75) is 52.7 Å². The van der Waals surface area contributed by atoms with Gasteiger partial charge < -0.3 is 9.84 Å². The Morgan fingerprint density at radius 1 is 1.25 bits per heavy atom. The Hall–Kier alpha value is -1.02. The van der Waals surface area contributed by atoms with Gasteiger partial charge in [0, 0.05) is 5.56 Å². The first-order valence-electron chi connectivity index (χ1n) is 6.03. The van der Waals surface area contributed by atoms with E-state index in [2.05, 4.69) is 13.8 Å². The van der Waals surface area contributed by atoms with Crippen LogP contribution in [0.25, 0.3) is 0 Å². The molecule has 0 aromatic heterocycles.